The first-order valence-corrected chi connectivity index (χ1v) is 5.32. The van der Waals surface area contributed by atoms with Crippen LogP contribution in [0.5, 0.6) is 0 Å². The summed E-state index contributed by atoms with van der Waals surface area (Å²) in [6, 6.07) is 0. The first-order valence-electron chi connectivity index (χ1n) is 3.92. The van der Waals surface area contributed by atoms with Gasteiger partial charge in [-0.05, 0) is 18.4 Å². The van der Waals surface area contributed by atoms with Gasteiger partial charge in [-0.1, -0.05) is 0 Å². The van der Waals surface area contributed by atoms with Crippen molar-refractivity contribution in [1.29, 1.82) is 0 Å². The smallest absolute Gasteiger partial charge is 0.0993 e. The van der Waals surface area contributed by atoms with Gasteiger partial charge in [0.1, 0.15) is 0 Å². The van der Waals surface area contributed by atoms with Crippen molar-refractivity contribution >= 4 is 18.1 Å². The zero-order valence-corrected chi connectivity index (χ0v) is 7.73. The predicted molar refractivity (Wildman–Crippen MR) is 51.1 cm³/mol. The third kappa shape index (κ3) is 3.62. The van der Waals surface area contributed by atoms with Gasteiger partial charge in [0, 0.05) is 6.54 Å². The molecular weight excluding hydrogens is 158 g/mol. The molecule has 0 radical (unpaired) electrons. The SMILES string of the molecule is CSCCCNN1C=NCC1. The fourth-order valence-electron chi connectivity index (χ4n) is 0.939. The highest BCUT2D eigenvalue weighted by Gasteiger charge is 2.02. The average molecular weight is 173 g/mol. The molecule has 1 aliphatic heterocycles. The molecule has 0 amide bonds. The maximum absolute atomic E-state index is 4.10. The molecule has 4 heteroatoms. The van der Waals surface area contributed by atoms with E-state index in [1.54, 1.807) is 0 Å². The molecule has 11 heavy (non-hydrogen) atoms. The maximum atomic E-state index is 4.10. The summed E-state index contributed by atoms with van der Waals surface area (Å²) in [6.07, 6.45) is 5.24. The number of hydrogen-bond donors (Lipinski definition) is 1. The van der Waals surface area contributed by atoms with Crippen molar-refractivity contribution in [1.82, 2.24) is 10.4 Å². The van der Waals surface area contributed by atoms with E-state index in [4.69, 9.17) is 0 Å². The summed E-state index contributed by atoms with van der Waals surface area (Å²) in [6.45, 7) is 3.03. The van der Waals surface area contributed by atoms with Crippen molar-refractivity contribution in [3.8, 4) is 0 Å². The van der Waals surface area contributed by atoms with Gasteiger partial charge in [-0.25, -0.2) is 5.43 Å². The second-order valence-electron chi connectivity index (χ2n) is 2.47. The summed E-state index contributed by atoms with van der Waals surface area (Å²) < 4.78 is 0. The molecule has 0 aromatic rings. The van der Waals surface area contributed by atoms with Gasteiger partial charge in [-0.15, -0.1) is 0 Å². The highest BCUT2D eigenvalue weighted by molar-refractivity contribution is 7.98. The maximum Gasteiger partial charge on any atom is 0.0993 e. The quantitative estimate of drug-likeness (QED) is 0.617. The highest BCUT2D eigenvalue weighted by atomic mass is 32.2. The molecule has 0 saturated heterocycles. The van der Waals surface area contributed by atoms with Crippen molar-refractivity contribution in [3.63, 3.8) is 0 Å². The van der Waals surface area contributed by atoms with Crippen LogP contribution in [0.15, 0.2) is 4.99 Å². The van der Waals surface area contributed by atoms with Crippen LogP contribution < -0.4 is 5.43 Å². The lowest BCUT2D eigenvalue weighted by Crippen LogP contribution is -2.36. The molecule has 0 aliphatic carbocycles. The molecule has 0 fully saturated rings. The van der Waals surface area contributed by atoms with Gasteiger partial charge in [-0.3, -0.25) is 10.0 Å². The molecule has 0 bridgehead atoms. The Labute approximate surface area is 72.2 Å². The lowest BCUT2D eigenvalue weighted by atomic mass is 10.5. The summed E-state index contributed by atoms with van der Waals surface area (Å²) in [7, 11) is 0. The van der Waals surface area contributed by atoms with Crippen molar-refractivity contribution in [3.05, 3.63) is 0 Å². The number of nitrogens with one attached hydrogen (secondary N) is 1. The zero-order valence-electron chi connectivity index (χ0n) is 6.92. The predicted octanol–water partition coefficient (Wildman–Crippen LogP) is 0.588. The molecule has 0 saturated carbocycles. The van der Waals surface area contributed by atoms with Crippen LogP contribution in [0.3, 0.4) is 0 Å². The van der Waals surface area contributed by atoms with Crippen LogP contribution >= 0.6 is 11.8 Å². The Hall–Kier alpha value is -0.220. The Bertz CT molecular complexity index is 127. The first kappa shape index (κ1) is 8.87. The van der Waals surface area contributed by atoms with E-state index in [9.17, 15) is 0 Å². The van der Waals surface area contributed by atoms with Crippen molar-refractivity contribution in [2.75, 3.05) is 31.6 Å². The van der Waals surface area contributed by atoms with Gasteiger partial charge in [0.2, 0.25) is 0 Å². The van der Waals surface area contributed by atoms with Crippen molar-refractivity contribution in [2.45, 2.75) is 6.42 Å². The normalized spacial score (nSPS) is 16.3. The number of hydrogen-bond acceptors (Lipinski definition) is 4. The van der Waals surface area contributed by atoms with Gasteiger partial charge >= 0.3 is 0 Å². The van der Waals surface area contributed by atoms with E-state index in [1.807, 2.05) is 18.1 Å². The average Bonchev–Trinajstić information content (AvgIpc) is 2.50. The monoisotopic (exact) mass is 173 g/mol. The van der Waals surface area contributed by atoms with Crippen LogP contribution in [0.2, 0.25) is 0 Å². The minimum absolute atomic E-state index is 0.940. The lowest BCUT2D eigenvalue weighted by Gasteiger charge is -2.14. The Morgan fingerprint density at radius 1 is 1.73 bits per heavy atom. The Morgan fingerprint density at radius 2 is 2.64 bits per heavy atom. The van der Waals surface area contributed by atoms with E-state index in [1.165, 1.54) is 12.2 Å². The van der Waals surface area contributed by atoms with Gasteiger partial charge in [-0.2, -0.15) is 11.8 Å². The number of hydrazine groups is 1. The minimum atomic E-state index is 0.940. The second kappa shape index (κ2) is 5.43. The summed E-state index contributed by atoms with van der Waals surface area (Å²) in [5.74, 6) is 1.23. The molecule has 64 valence electrons. The van der Waals surface area contributed by atoms with Gasteiger partial charge in [0.25, 0.3) is 0 Å². The van der Waals surface area contributed by atoms with Crippen molar-refractivity contribution < 1.29 is 0 Å². The van der Waals surface area contributed by atoms with Gasteiger partial charge in [0.15, 0.2) is 0 Å². The van der Waals surface area contributed by atoms with Gasteiger partial charge < -0.3 is 0 Å². The molecule has 1 N–H and O–H groups in total. The fourth-order valence-corrected chi connectivity index (χ4v) is 1.37. The van der Waals surface area contributed by atoms with E-state index < -0.39 is 0 Å². The van der Waals surface area contributed by atoms with Gasteiger partial charge in [0.05, 0.1) is 19.4 Å². The Morgan fingerprint density at radius 3 is 3.27 bits per heavy atom. The summed E-state index contributed by atoms with van der Waals surface area (Å²) in [4.78, 5) is 4.10. The summed E-state index contributed by atoms with van der Waals surface area (Å²) >= 11 is 1.89. The van der Waals surface area contributed by atoms with Crippen molar-refractivity contribution in [2.24, 2.45) is 4.99 Å². The molecule has 0 spiro atoms. The molecule has 0 aromatic carbocycles. The van der Waals surface area contributed by atoms with E-state index in [2.05, 4.69) is 21.7 Å². The van der Waals surface area contributed by atoms with E-state index in [0.29, 0.717) is 0 Å². The van der Waals surface area contributed by atoms with Crippen LogP contribution in [0, 0.1) is 0 Å². The first-order chi connectivity index (χ1) is 5.43. The molecular formula is C7H15N3S. The molecule has 1 rings (SSSR count). The van der Waals surface area contributed by atoms with Crippen LogP contribution in [0.1, 0.15) is 6.42 Å². The Kier molecular flexibility index (Phi) is 4.38. The molecule has 1 heterocycles. The fraction of sp³-hybridized carbons (Fsp3) is 0.857. The summed E-state index contributed by atoms with van der Waals surface area (Å²) in [5, 5.41) is 2.06. The number of aliphatic imine (C=N–C) groups is 1. The van der Waals surface area contributed by atoms with Crippen LogP contribution in [-0.4, -0.2) is 43.0 Å². The molecule has 0 unspecified atom stereocenters. The number of thioether (sulfide) groups is 1. The Balaban J connectivity index is 1.90. The van der Waals surface area contributed by atoms with Crippen LogP contribution in [0.25, 0.3) is 0 Å². The zero-order chi connectivity index (χ0) is 7.94. The molecule has 0 aromatic heterocycles. The lowest BCUT2D eigenvalue weighted by molar-refractivity contribution is 0.343. The molecule has 1 aliphatic rings. The standard InChI is InChI=1S/C7H15N3S/c1-11-6-2-3-9-10-5-4-8-7-10/h7,9H,2-6H2,1H3. The van der Waals surface area contributed by atoms with E-state index in [0.717, 1.165) is 19.6 Å². The number of rotatable bonds is 5. The minimum Gasteiger partial charge on any atom is -0.297 e. The topological polar surface area (TPSA) is 27.6 Å². The third-order valence-corrected chi connectivity index (χ3v) is 2.23. The molecule has 3 nitrogen and oxygen atoms in total. The second-order valence-corrected chi connectivity index (χ2v) is 3.46. The number of nitrogens with zero attached hydrogens (tertiary/aromatic N) is 2. The van der Waals surface area contributed by atoms with Crippen LogP contribution in [-0.2, 0) is 0 Å². The molecule has 0 atom stereocenters. The largest absolute Gasteiger partial charge is 0.297 e. The summed E-state index contributed by atoms with van der Waals surface area (Å²) in [5.41, 5.74) is 3.29. The van der Waals surface area contributed by atoms with E-state index in [-0.39, 0.29) is 0 Å². The third-order valence-electron chi connectivity index (χ3n) is 1.53. The van der Waals surface area contributed by atoms with E-state index >= 15 is 0 Å². The van der Waals surface area contributed by atoms with Crippen LogP contribution in [0.4, 0.5) is 0 Å². The highest BCUT2D eigenvalue weighted by Crippen LogP contribution is 1.94.